The van der Waals surface area contributed by atoms with Crippen molar-refractivity contribution in [3.05, 3.63) is 33.6 Å². The molecular weight excluding hydrogens is 342 g/mol. The molecule has 0 bridgehead atoms. The Balaban J connectivity index is 1.73. The lowest BCUT2D eigenvalue weighted by molar-refractivity contribution is 0.313. The Morgan fingerprint density at radius 3 is 2.90 bits per heavy atom. The van der Waals surface area contributed by atoms with Crippen LogP contribution >= 0.6 is 27.5 Å². The third-order valence-electron chi connectivity index (χ3n) is 3.57. The highest BCUT2D eigenvalue weighted by Gasteiger charge is 2.17. The molecule has 1 aliphatic heterocycles. The van der Waals surface area contributed by atoms with Gasteiger partial charge in [-0.05, 0) is 66.0 Å². The lowest BCUT2D eigenvalue weighted by atomic mass is 9.95. The number of piperidine rings is 1. The fraction of sp³-hybridized carbons (Fsp3) is 0.429. The Labute approximate surface area is 131 Å². The molecule has 0 aliphatic carbocycles. The molecule has 4 nitrogen and oxygen atoms in total. The van der Waals surface area contributed by atoms with E-state index in [4.69, 9.17) is 16.1 Å². The fourth-order valence-corrected chi connectivity index (χ4v) is 2.92. The molecular formula is C14H15BrClN3O. The Hall–Kier alpha value is -0.910. The first kappa shape index (κ1) is 14.0. The summed E-state index contributed by atoms with van der Waals surface area (Å²) in [6.45, 7) is 2.16. The van der Waals surface area contributed by atoms with Gasteiger partial charge in [0.05, 0.1) is 5.02 Å². The van der Waals surface area contributed by atoms with E-state index in [1.807, 2.05) is 18.2 Å². The summed E-state index contributed by atoms with van der Waals surface area (Å²) in [6.07, 6.45) is 3.21. The van der Waals surface area contributed by atoms with Crippen LogP contribution in [-0.4, -0.2) is 23.2 Å². The molecule has 0 radical (unpaired) electrons. The standard InChI is InChI=1S/C14H15BrClN3O/c15-11-8-10(1-2-12(11)16)14-18-13(20-19-14)7-9-3-5-17-6-4-9/h1-2,8-9,17H,3-7H2. The van der Waals surface area contributed by atoms with Crippen molar-refractivity contribution in [1.29, 1.82) is 0 Å². The highest BCUT2D eigenvalue weighted by Crippen LogP contribution is 2.28. The Morgan fingerprint density at radius 2 is 2.15 bits per heavy atom. The van der Waals surface area contributed by atoms with Gasteiger partial charge in [-0.25, -0.2) is 0 Å². The number of benzene rings is 1. The zero-order valence-corrected chi connectivity index (χ0v) is 13.2. The normalized spacial score (nSPS) is 16.5. The molecule has 0 amide bonds. The van der Waals surface area contributed by atoms with E-state index >= 15 is 0 Å². The van der Waals surface area contributed by atoms with Crippen LogP contribution in [0, 0.1) is 5.92 Å². The molecule has 3 rings (SSSR count). The van der Waals surface area contributed by atoms with Gasteiger partial charge in [0.2, 0.25) is 11.7 Å². The van der Waals surface area contributed by atoms with Gasteiger partial charge in [0.25, 0.3) is 0 Å². The van der Waals surface area contributed by atoms with Crippen molar-refractivity contribution in [3.8, 4) is 11.4 Å². The minimum Gasteiger partial charge on any atom is -0.339 e. The van der Waals surface area contributed by atoms with Crippen molar-refractivity contribution in [1.82, 2.24) is 15.5 Å². The lowest BCUT2D eigenvalue weighted by Crippen LogP contribution is -2.28. The van der Waals surface area contributed by atoms with Gasteiger partial charge in [-0.15, -0.1) is 0 Å². The van der Waals surface area contributed by atoms with Crippen molar-refractivity contribution in [2.24, 2.45) is 5.92 Å². The minimum absolute atomic E-state index is 0.617. The predicted molar refractivity (Wildman–Crippen MR) is 81.7 cm³/mol. The summed E-state index contributed by atoms with van der Waals surface area (Å²) < 4.78 is 6.20. The predicted octanol–water partition coefficient (Wildman–Crippen LogP) is 3.69. The van der Waals surface area contributed by atoms with E-state index in [9.17, 15) is 0 Å². The third kappa shape index (κ3) is 3.22. The SMILES string of the molecule is Clc1ccc(-c2noc(CC3CCNCC3)n2)cc1Br. The number of hydrogen-bond donors (Lipinski definition) is 1. The maximum absolute atomic E-state index is 5.99. The molecule has 0 atom stereocenters. The van der Waals surface area contributed by atoms with Crippen molar-refractivity contribution in [3.63, 3.8) is 0 Å². The molecule has 1 aromatic heterocycles. The molecule has 1 aliphatic rings. The van der Waals surface area contributed by atoms with Crippen molar-refractivity contribution in [2.45, 2.75) is 19.3 Å². The van der Waals surface area contributed by atoms with Gasteiger partial charge in [0, 0.05) is 16.5 Å². The van der Waals surface area contributed by atoms with Gasteiger partial charge in [-0.3, -0.25) is 0 Å². The zero-order valence-electron chi connectivity index (χ0n) is 10.9. The molecule has 106 valence electrons. The van der Waals surface area contributed by atoms with Gasteiger partial charge in [0.1, 0.15) is 0 Å². The highest BCUT2D eigenvalue weighted by atomic mass is 79.9. The van der Waals surface area contributed by atoms with E-state index in [2.05, 4.69) is 31.4 Å². The molecule has 2 aromatic rings. The van der Waals surface area contributed by atoms with Crippen LogP contribution in [0.2, 0.25) is 5.02 Å². The molecule has 6 heteroatoms. The maximum Gasteiger partial charge on any atom is 0.227 e. The Bertz CT molecular complexity index is 596. The number of hydrogen-bond acceptors (Lipinski definition) is 4. The molecule has 1 saturated heterocycles. The van der Waals surface area contributed by atoms with Gasteiger partial charge in [0.15, 0.2) is 0 Å². The first-order valence-electron chi connectivity index (χ1n) is 6.71. The van der Waals surface area contributed by atoms with Crippen LogP contribution in [0.25, 0.3) is 11.4 Å². The number of nitrogens with zero attached hydrogens (tertiary/aromatic N) is 2. The van der Waals surface area contributed by atoms with E-state index < -0.39 is 0 Å². The first-order valence-corrected chi connectivity index (χ1v) is 7.88. The van der Waals surface area contributed by atoms with Crippen molar-refractivity contribution in [2.75, 3.05) is 13.1 Å². The largest absolute Gasteiger partial charge is 0.339 e. The van der Waals surface area contributed by atoms with E-state index in [1.54, 1.807) is 0 Å². The summed E-state index contributed by atoms with van der Waals surface area (Å²) in [7, 11) is 0. The molecule has 0 unspecified atom stereocenters. The van der Waals surface area contributed by atoms with E-state index in [1.165, 1.54) is 12.8 Å². The van der Waals surface area contributed by atoms with Gasteiger partial charge < -0.3 is 9.84 Å². The molecule has 20 heavy (non-hydrogen) atoms. The first-order chi connectivity index (χ1) is 9.72. The summed E-state index contributed by atoms with van der Waals surface area (Å²) >= 11 is 9.39. The van der Waals surface area contributed by atoms with E-state index in [-0.39, 0.29) is 0 Å². The minimum atomic E-state index is 0.617. The number of halogens is 2. The van der Waals surface area contributed by atoms with Crippen LogP contribution < -0.4 is 5.32 Å². The fourth-order valence-electron chi connectivity index (χ4n) is 2.42. The summed E-state index contributed by atoms with van der Waals surface area (Å²) in [6, 6.07) is 5.62. The van der Waals surface area contributed by atoms with Crippen LogP contribution in [0.3, 0.4) is 0 Å². The van der Waals surface area contributed by atoms with Gasteiger partial charge >= 0.3 is 0 Å². The van der Waals surface area contributed by atoms with E-state index in [0.29, 0.717) is 16.8 Å². The summed E-state index contributed by atoms with van der Waals surface area (Å²) in [5, 5.41) is 8.09. The molecule has 1 aromatic carbocycles. The second kappa shape index (κ2) is 6.24. The van der Waals surface area contributed by atoms with Crippen LogP contribution in [0.4, 0.5) is 0 Å². The molecule has 1 fully saturated rings. The quantitative estimate of drug-likeness (QED) is 0.911. The van der Waals surface area contributed by atoms with Crippen LogP contribution in [0.15, 0.2) is 27.2 Å². The topological polar surface area (TPSA) is 51.0 Å². The van der Waals surface area contributed by atoms with Crippen LogP contribution in [0.5, 0.6) is 0 Å². The third-order valence-corrected chi connectivity index (χ3v) is 4.78. The Kier molecular flexibility index (Phi) is 4.38. The summed E-state index contributed by atoms with van der Waals surface area (Å²) in [4.78, 5) is 4.48. The smallest absolute Gasteiger partial charge is 0.227 e. The number of nitrogens with one attached hydrogen (secondary N) is 1. The zero-order chi connectivity index (χ0) is 13.9. The second-order valence-corrected chi connectivity index (χ2v) is 6.30. The Morgan fingerprint density at radius 1 is 1.35 bits per heavy atom. The molecule has 0 spiro atoms. The molecule has 0 saturated carbocycles. The average molecular weight is 357 g/mol. The second-order valence-electron chi connectivity index (χ2n) is 5.04. The lowest BCUT2D eigenvalue weighted by Gasteiger charge is -2.20. The van der Waals surface area contributed by atoms with Crippen molar-refractivity contribution < 1.29 is 4.52 Å². The summed E-state index contributed by atoms with van der Waals surface area (Å²) in [5.41, 5.74) is 0.904. The monoisotopic (exact) mass is 355 g/mol. The van der Waals surface area contributed by atoms with Gasteiger partial charge in [-0.2, -0.15) is 4.98 Å². The molecule has 2 heterocycles. The molecule has 1 N–H and O–H groups in total. The van der Waals surface area contributed by atoms with Crippen LogP contribution in [-0.2, 0) is 6.42 Å². The van der Waals surface area contributed by atoms with E-state index in [0.717, 1.165) is 35.4 Å². The van der Waals surface area contributed by atoms with Crippen molar-refractivity contribution >= 4 is 27.5 Å². The van der Waals surface area contributed by atoms with Gasteiger partial charge in [-0.1, -0.05) is 16.8 Å². The maximum atomic E-state index is 5.99. The number of rotatable bonds is 3. The highest BCUT2D eigenvalue weighted by molar-refractivity contribution is 9.10. The average Bonchev–Trinajstić information content (AvgIpc) is 2.91. The number of aromatic nitrogens is 2. The summed E-state index contributed by atoms with van der Waals surface area (Å²) in [5.74, 6) is 1.98. The van der Waals surface area contributed by atoms with Crippen LogP contribution in [0.1, 0.15) is 18.7 Å².